The number of hydroxylamine groups is 1. The van der Waals surface area contributed by atoms with Crippen LogP contribution in [0.3, 0.4) is 0 Å². The average molecular weight is 196 g/mol. The zero-order chi connectivity index (χ0) is 10.6. The maximum absolute atomic E-state index is 13.2. The van der Waals surface area contributed by atoms with Crippen LogP contribution in [0.15, 0.2) is 12.1 Å². The maximum Gasteiger partial charge on any atom is 0.172 e. The molecule has 0 radical (unpaired) electrons. The number of benzene rings is 1. The minimum absolute atomic E-state index is 0.0748. The lowest BCUT2D eigenvalue weighted by molar-refractivity contribution is 0.161. The van der Waals surface area contributed by atoms with Crippen LogP contribution in [0.1, 0.15) is 11.1 Å². The van der Waals surface area contributed by atoms with Crippen LogP contribution in [0.25, 0.3) is 0 Å². The molecule has 0 spiro atoms. The topological polar surface area (TPSA) is 65.3 Å². The first-order chi connectivity index (χ1) is 6.72. The number of rotatable bonds is 3. The van der Waals surface area contributed by atoms with E-state index in [0.29, 0.717) is 5.56 Å². The summed E-state index contributed by atoms with van der Waals surface area (Å²) in [6, 6.07) is 4.46. The maximum atomic E-state index is 13.2. The number of nitrogens with zero attached hydrogens (tertiary/aromatic N) is 1. The summed E-state index contributed by atoms with van der Waals surface area (Å²) in [5, 5.41) is 17.1. The Balaban J connectivity index is 3.19. The molecule has 1 aromatic carbocycles. The van der Waals surface area contributed by atoms with Crippen LogP contribution in [0.5, 0.6) is 5.75 Å². The largest absolute Gasteiger partial charge is 0.492 e. The van der Waals surface area contributed by atoms with Gasteiger partial charge in [0.1, 0.15) is 6.07 Å². The van der Waals surface area contributed by atoms with Crippen molar-refractivity contribution in [3.05, 3.63) is 29.1 Å². The summed E-state index contributed by atoms with van der Waals surface area (Å²) >= 11 is 0. The minimum atomic E-state index is -0.614. The van der Waals surface area contributed by atoms with Crippen LogP contribution < -0.4 is 10.2 Å². The molecule has 0 aliphatic rings. The van der Waals surface area contributed by atoms with Crippen molar-refractivity contribution in [2.75, 3.05) is 7.11 Å². The fourth-order valence-corrected chi connectivity index (χ4v) is 1.13. The minimum Gasteiger partial charge on any atom is -0.492 e. The Morgan fingerprint density at radius 1 is 1.64 bits per heavy atom. The molecule has 2 N–H and O–H groups in total. The van der Waals surface area contributed by atoms with Gasteiger partial charge in [-0.15, -0.1) is 0 Å². The molecule has 1 aromatic rings. The molecule has 0 saturated carbocycles. The first-order valence-corrected chi connectivity index (χ1v) is 3.86. The van der Waals surface area contributed by atoms with Gasteiger partial charge in [0.05, 0.1) is 12.7 Å². The second-order valence-electron chi connectivity index (χ2n) is 2.61. The fourth-order valence-electron chi connectivity index (χ4n) is 1.13. The number of methoxy groups -OCH3 is 1. The highest BCUT2D eigenvalue weighted by atomic mass is 19.1. The highest BCUT2D eigenvalue weighted by molar-refractivity contribution is 5.46. The molecule has 0 unspecified atom stereocenters. The number of hydrogen-bond acceptors (Lipinski definition) is 4. The summed E-state index contributed by atoms with van der Waals surface area (Å²) < 4.78 is 18.0. The average Bonchev–Trinajstić information content (AvgIpc) is 2.17. The van der Waals surface area contributed by atoms with Crippen molar-refractivity contribution in [1.82, 2.24) is 5.48 Å². The lowest BCUT2D eigenvalue weighted by atomic mass is 10.1. The smallest absolute Gasteiger partial charge is 0.172 e. The molecule has 0 heterocycles. The van der Waals surface area contributed by atoms with Crippen molar-refractivity contribution >= 4 is 0 Å². The van der Waals surface area contributed by atoms with E-state index in [1.54, 1.807) is 0 Å². The van der Waals surface area contributed by atoms with Gasteiger partial charge >= 0.3 is 0 Å². The number of nitriles is 1. The molecule has 0 aliphatic heterocycles. The fraction of sp³-hybridized carbons (Fsp3) is 0.222. The molecule has 0 aliphatic carbocycles. The van der Waals surface area contributed by atoms with Crippen LogP contribution in [-0.4, -0.2) is 12.3 Å². The van der Waals surface area contributed by atoms with Crippen molar-refractivity contribution in [2.24, 2.45) is 0 Å². The second kappa shape index (κ2) is 4.56. The molecule has 1 rings (SSSR count). The van der Waals surface area contributed by atoms with Crippen molar-refractivity contribution in [3.63, 3.8) is 0 Å². The van der Waals surface area contributed by atoms with Crippen LogP contribution >= 0.6 is 0 Å². The first kappa shape index (κ1) is 10.4. The molecule has 74 valence electrons. The summed E-state index contributed by atoms with van der Waals surface area (Å²) in [5.74, 6) is -0.689. The highest BCUT2D eigenvalue weighted by Crippen LogP contribution is 2.23. The quantitative estimate of drug-likeness (QED) is 0.712. The zero-order valence-corrected chi connectivity index (χ0v) is 7.54. The third kappa shape index (κ3) is 1.99. The molecule has 0 aromatic heterocycles. The monoisotopic (exact) mass is 196 g/mol. The standard InChI is InChI=1S/C9H9FN2O2/c1-14-9-7(4-11)2-6(5-12-13)3-8(9)10/h2-3,12-13H,5H2,1H3. The van der Waals surface area contributed by atoms with Gasteiger partial charge in [-0.25, -0.2) is 9.87 Å². The van der Waals surface area contributed by atoms with Crippen LogP contribution in [-0.2, 0) is 6.54 Å². The highest BCUT2D eigenvalue weighted by Gasteiger charge is 2.10. The van der Waals surface area contributed by atoms with E-state index in [1.165, 1.54) is 19.2 Å². The SMILES string of the molecule is COc1c(F)cc(CNO)cc1C#N. The van der Waals surface area contributed by atoms with Crippen LogP contribution in [0.2, 0.25) is 0 Å². The third-order valence-electron chi connectivity index (χ3n) is 1.71. The van der Waals surface area contributed by atoms with Crippen LogP contribution in [0, 0.1) is 17.1 Å². The van der Waals surface area contributed by atoms with Crippen molar-refractivity contribution in [2.45, 2.75) is 6.54 Å². The predicted octanol–water partition coefficient (Wildman–Crippen LogP) is 1.18. The van der Waals surface area contributed by atoms with E-state index in [9.17, 15) is 4.39 Å². The van der Waals surface area contributed by atoms with Gasteiger partial charge in [-0.1, -0.05) is 0 Å². The van der Waals surface area contributed by atoms with E-state index in [-0.39, 0.29) is 17.9 Å². The van der Waals surface area contributed by atoms with E-state index in [0.717, 1.165) is 0 Å². The van der Waals surface area contributed by atoms with Gasteiger partial charge < -0.3 is 9.94 Å². The number of hydrogen-bond donors (Lipinski definition) is 2. The Bertz CT molecular complexity index is 374. The van der Waals surface area contributed by atoms with Gasteiger partial charge in [0.25, 0.3) is 0 Å². The van der Waals surface area contributed by atoms with Crippen molar-refractivity contribution in [1.29, 1.82) is 5.26 Å². The lowest BCUT2D eigenvalue weighted by Crippen LogP contribution is -2.07. The van der Waals surface area contributed by atoms with Gasteiger partial charge in [-0.05, 0) is 17.7 Å². The zero-order valence-electron chi connectivity index (χ0n) is 7.54. The molecule has 5 heteroatoms. The van der Waals surface area contributed by atoms with E-state index in [1.807, 2.05) is 11.5 Å². The third-order valence-corrected chi connectivity index (χ3v) is 1.71. The van der Waals surface area contributed by atoms with E-state index in [4.69, 9.17) is 15.2 Å². The van der Waals surface area contributed by atoms with Crippen molar-refractivity contribution in [3.8, 4) is 11.8 Å². The van der Waals surface area contributed by atoms with Crippen molar-refractivity contribution < 1.29 is 14.3 Å². The first-order valence-electron chi connectivity index (χ1n) is 3.86. The molecule has 4 nitrogen and oxygen atoms in total. The Labute approximate surface area is 80.5 Å². The summed E-state index contributed by atoms with van der Waals surface area (Å²) in [6.07, 6.45) is 0. The number of ether oxygens (including phenoxy) is 1. The van der Waals surface area contributed by atoms with Gasteiger partial charge in [0.15, 0.2) is 11.6 Å². The molecular weight excluding hydrogens is 187 g/mol. The molecule has 0 amide bonds. The molecule has 0 saturated heterocycles. The number of nitrogens with one attached hydrogen (secondary N) is 1. The molecule has 0 atom stereocenters. The Morgan fingerprint density at radius 2 is 2.36 bits per heavy atom. The van der Waals surface area contributed by atoms with Gasteiger partial charge in [-0.2, -0.15) is 5.26 Å². The molecule has 0 fully saturated rings. The van der Waals surface area contributed by atoms with E-state index >= 15 is 0 Å². The molecule has 0 bridgehead atoms. The Hall–Kier alpha value is -1.64. The summed E-state index contributed by atoms with van der Waals surface area (Å²) in [7, 11) is 1.29. The summed E-state index contributed by atoms with van der Waals surface area (Å²) in [6.45, 7) is 0.0790. The summed E-state index contributed by atoms with van der Waals surface area (Å²) in [4.78, 5) is 0. The van der Waals surface area contributed by atoms with E-state index in [2.05, 4.69) is 0 Å². The lowest BCUT2D eigenvalue weighted by Gasteiger charge is -2.06. The molecule has 14 heavy (non-hydrogen) atoms. The predicted molar refractivity (Wildman–Crippen MR) is 46.3 cm³/mol. The van der Waals surface area contributed by atoms with Gasteiger partial charge in [-0.3, -0.25) is 0 Å². The van der Waals surface area contributed by atoms with Gasteiger partial charge in [0, 0.05) is 6.54 Å². The Morgan fingerprint density at radius 3 is 2.86 bits per heavy atom. The normalized spacial score (nSPS) is 9.57. The van der Waals surface area contributed by atoms with E-state index < -0.39 is 5.82 Å². The van der Waals surface area contributed by atoms with Gasteiger partial charge in [0.2, 0.25) is 0 Å². The molecular formula is C9H9FN2O2. The Kier molecular flexibility index (Phi) is 3.40. The summed E-state index contributed by atoms with van der Waals surface area (Å²) in [5.41, 5.74) is 2.47. The second-order valence-corrected chi connectivity index (χ2v) is 2.61. The number of halogens is 1. The van der Waals surface area contributed by atoms with Crippen LogP contribution in [0.4, 0.5) is 4.39 Å².